The van der Waals surface area contributed by atoms with E-state index in [2.05, 4.69) is 0 Å². The van der Waals surface area contributed by atoms with Crippen LogP contribution in [0.2, 0.25) is 5.02 Å². The molecule has 0 fully saturated rings. The van der Waals surface area contributed by atoms with Crippen LogP contribution < -0.4 is 4.74 Å². The van der Waals surface area contributed by atoms with Crippen LogP contribution in [-0.4, -0.2) is 28.6 Å². The van der Waals surface area contributed by atoms with Gasteiger partial charge in [-0.1, -0.05) is 18.5 Å². The molecule has 1 N–H and O–H groups in total. The molecule has 0 saturated carbocycles. The predicted octanol–water partition coefficient (Wildman–Crippen LogP) is 5.61. The molecule has 0 amide bonds. The topological polar surface area (TPSA) is 72.8 Å². The number of hydrogen-bond donors (Lipinski definition) is 1. The zero-order chi connectivity index (χ0) is 22.0. The molecule has 2 aromatic rings. The van der Waals surface area contributed by atoms with Crippen molar-refractivity contribution in [3.05, 3.63) is 71.3 Å². The monoisotopic (exact) mass is 419 g/mol. The standard InChI is InChI=1S/C20H21ClO4.C3H7O/c1-13(2)24-19(23)20(3,4)25-17-11-7-15(8-12-17)18(22)14-5-9-16(21)10-6-14;1-2-3-4/h5-13H,1-4H3;3-4H,2H2,1H3. The lowest BCUT2D eigenvalue weighted by molar-refractivity contribution is -0.163. The van der Waals surface area contributed by atoms with Gasteiger partial charge in [0, 0.05) is 16.1 Å². The molecule has 0 aromatic heterocycles. The lowest BCUT2D eigenvalue weighted by atomic mass is 10.0. The fourth-order valence-corrected chi connectivity index (χ4v) is 2.26. The van der Waals surface area contributed by atoms with E-state index in [1.807, 2.05) is 6.92 Å². The number of halogens is 1. The second-order valence-electron chi connectivity index (χ2n) is 7.02. The van der Waals surface area contributed by atoms with Crippen LogP contribution in [0.4, 0.5) is 0 Å². The summed E-state index contributed by atoms with van der Waals surface area (Å²) in [6.07, 6.45) is 0.537. The Kier molecular flexibility index (Phi) is 9.86. The van der Waals surface area contributed by atoms with Crippen molar-refractivity contribution in [1.29, 1.82) is 0 Å². The van der Waals surface area contributed by atoms with Crippen LogP contribution >= 0.6 is 11.6 Å². The highest BCUT2D eigenvalue weighted by atomic mass is 35.5. The molecule has 0 spiro atoms. The normalized spacial score (nSPS) is 10.8. The molecule has 0 heterocycles. The van der Waals surface area contributed by atoms with Gasteiger partial charge in [-0.15, -0.1) is 0 Å². The molecule has 5 nitrogen and oxygen atoms in total. The summed E-state index contributed by atoms with van der Waals surface area (Å²) in [6.45, 7) is 9.85. The second kappa shape index (κ2) is 11.6. The quantitative estimate of drug-likeness (QED) is 0.466. The van der Waals surface area contributed by atoms with Gasteiger partial charge in [0.15, 0.2) is 11.4 Å². The van der Waals surface area contributed by atoms with Crippen molar-refractivity contribution in [3.8, 4) is 5.75 Å². The van der Waals surface area contributed by atoms with Gasteiger partial charge in [0.2, 0.25) is 0 Å². The number of aliphatic hydroxyl groups is 1. The van der Waals surface area contributed by atoms with Gasteiger partial charge in [-0.2, -0.15) is 0 Å². The van der Waals surface area contributed by atoms with Gasteiger partial charge in [0.1, 0.15) is 5.75 Å². The van der Waals surface area contributed by atoms with Crippen LogP contribution in [0, 0.1) is 6.61 Å². The summed E-state index contributed by atoms with van der Waals surface area (Å²) in [6, 6.07) is 13.4. The zero-order valence-corrected chi connectivity index (χ0v) is 18.2. The first-order valence-electron chi connectivity index (χ1n) is 9.37. The number of rotatable bonds is 7. The maximum Gasteiger partial charge on any atom is 0.350 e. The van der Waals surface area contributed by atoms with Crippen molar-refractivity contribution in [2.75, 3.05) is 0 Å². The van der Waals surface area contributed by atoms with E-state index in [0.717, 1.165) is 13.0 Å². The number of ether oxygens (including phenoxy) is 2. The molecule has 0 atom stereocenters. The maximum atomic E-state index is 12.4. The second-order valence-corrected chi connectivity index (χ2v) is 7.45. The average molecular weight is 420 g/mol. The molecule has 0 aliphatic carbocycles. The van der Waals surface area contributed by atoms with Crippen molar-refractivity contribution in [3.63, 3.8) is 0 Å². The van der Waals surface area contributed by atoms with E-state index in [1.54, 1.807) is 76.2 Å². The van der Waals surface area contributed by atoms with E-state index in [4.69, 9.17) is 26.2 Å². The minimum absolute atomic E-state index is 0.110. The first-order valence-corrected chi connectivity index (χ1v) is 9.74. The van der Waals surface area contributed by atoms with Gasteiger partial charge in [-0.3, -0.25) is 4.79 Å². The highest BCUT2D eigenvalue weighted by Crippen LogP contribution is 2.22. The molecule has 0 aliphatic heterocycles. The molecule has 1 radical (unpaired) electrons. The van der Waals surface area contributed by atoms with Crippen LogP contribution in [0.5, 0.6) is 5.75 Å². The molecular weight excluding hydrogens is 392 g/mol. The third-order valence-electron chi connectivity index (χ3n) is 3.61. The van der Waals surface area contributed by atoms with Crippen LogP contribution in [0.25, 0.3) is 0 Å². The Morgan fingerprint density at radius 2 is 1.48 bits per heavy atom. The molecule has 2 rings (SSSR count). The van der Waals surface area contributed by atoms with Gasteiger partial charge in [-0.05, 0) is 82.6 Å². The van der Waals surface area contributed by atoms with E-state index < -0.39 is 11.6 Å². The molecule has 6 heteroatoms. The lowest BCUT2D eigenvalue weighted by Crippen LogP contribution is -2.40. The van der Waals surface area contributed by atoms with Crippen LogP contribution in [-0.2, 0) is 9.53 Å². The molecule has 2 aromatic carbocycles. The first kappa shape index (κ1) is 24.7. The van der Waals surface area contributed by atoms with Crippen molar-refractivity contribution >= 4 is 23.4 Å². The van der Waals surface area contributed by atoms with Gasteiger partial charge in [0.25, 0.3) is 0 Å². The Balaban J connectivity index is 0.000000960. The largest absolute Gasteiger partial charge is 0.476 e. The van der Waals surface area contributed by atoms with Gasteiger partial charge in [0.05, 0.1) is 12.7 Å². The molecule has 0 aliphatic rings. The third kappa shape index (κ3) is 8.26. The van der Waals surface area contributed by atoms with E-state index in [0.29, 0.717) is 21.9 Å². The zero-order valence-electron chi connectivity index (χ0n) is 17.4. The van der Waals surface area contributed by atoms with E-state index in [-0.39, 0.29) is 11.9 Å². The SMILES string of the molecule is CC(C)OC(=O)C(C)(C)Oc1ccc(C(=O)c2ccc(Cl)cc2)cc1.CC[CH]O. The van der Waals surface area contributed by atoms with Crippen LogP contribution in [0.3, 0.4) is 0 Å². The highest BCUT2D eigenvalue weighted by Gasteiger charge is 2.32. The number of carbonyl (C=O) groups excluding carboxylic acids is 2. The van der Waals surface area contributed by atoms with Crippen LogP contribution in [0.1, 0.15) is 57.0 Å². The minimum Gasteiger partial charge on any atom is -0.476 e. The highest BCUT2D eigenvalue weighted by molar-refractivity contribution is 6.30. The van der Waals surface area contributed by atoms with Crippen molar-refractivity contribution in [2.24, 2.45) is 0 Å². The average Bonchev–Trinajstić information content (AvgIpc) is 2.68. The molecule has 29 heavy (non-hydrogen) atoms. The number of aliphatic hydroxyl groups excluding tert-OH is 1. The number of ketones is 1. The van der Waals surface area contributed by atoms with Gasteiger partial charge in [-0.25, -0.2) is 4.79 Å². The summed E-state index contributed by atoms with van der Waals surface area (Å²) < 4.78 is 10.9. The first-order chi connectivity index (χ1) is 13.6. The minimum atomic E-state index is -1.12. The molecule has 0 unspecified atom stereocenters. The maximum absolute atomic E-state index is 12.4. The summed E-state index contributed by atoms with van der Waals surface area (Å²) in [5.41, 5.74) is -0.0393. The summed E-state index contributed by atoms with van der Waals surface area (Å²) in [4.78, 5) is 24.5. The van der Waals surface area contributed by atoms with Crippen molar-refractivity contribution in [2.45, 2.75) is 52.7 Å². The predicted molar refractivity (Wildman–Crippen MR) is 114 cm³/mol. The Morgan fingerprint density at radius 3 is 1.90 bits per heavy atom. The fraction of sp³-hybridized carbons (Fsp3) is 0.348. The van der Waals surface area contributed by atoms with Crippen molar-refractivity contribution < 1.29 is 24.2 Å². The Labute approximate surface area is 177 Å². The van der Waals surface area contributed by atoms with Crippen molar-refractivity contribution in [1.82, 2.24) is 0 Å². The van der Waals surface area contributed by atoms with Gasteiger partial charge < -0.3 is 14.6 Å². The van der Waals surface area contributed by atoms with Gasteiger partial charge >= 0.3 is 5.97 Å². The number of esters is 1. The number of benzene rings is 2. The summed E-state index contributed by atoms with van der Waals surface area (Å²) >= 11 is 5.84. The van der Waals surface area contributed by atoms with E-state index in [9.17, 15) is 9.59 Å². The Morgan fingerprint density at radius 1 is 1.03 bits per heavy atom. The molecular formula is C23H28ClO5. The number of carbonyl (C=O) groups is 2. The summed E-state index contributed by atoms with van der Waals surface area (Å²) in [7, 11) is 0. The smallest absolute Gasteiger partial charge is 0.350 e. The third-order valence-corrected chi connectivity index (χ3v) is 3.86. The van der Waals surface area contributed by atoms with Crippen LogP contribution in [0.15, 0.2) is 48.5 Å². The fourth-order valence-electron chi connectivity index (χ4n) is 2.13. The Bertz CT molecular complexity index is 778. The molecule has 0 bridgehead atoms. The summed E-state index contributed by atoms with van der Waals surface area (Å²) in [5.74, 6) is -0.0659. The van der Waals surface area contributed by atoms with E-state index in [1.165, 1.54) is 0 Å². The summed E-state index contributed by atoms with van der Waals surface area (Å²) in [5, 5.41) is 8.33. The lowest BCUT2D eigenvalue weighted by Gasteiger charge is -2.25. The van der Waals surface area contributed by atoms with E-state index >= 15 is 0 Å². The molecule has 157 valence electrons. The number of hydrogen-bond acceptors (Lipinski definition) is 5. The molecule has 0 saturated heterocycles. The Hall–Kier alpha value is -2.37.